The van der Waals surface area contributed by atoms with E-state index >= 15 is 0 Å². The third kappa shape index (κ3) is 5.80. The highest BCUT2D eigenvalue weighted by Crippen LogP contribution is 2.34. The molecule has 1 aromatic heterocycles. The molecule has 8 nitrogen and oxygen atoms in total. The summed E-state index contributed by atoms with van der Waals surface area (Å²) >= 11 is 6.13. The number of ether oxygens (including phenoxy) is 2. The maximum Gasteiger partial charge on any atom is 0.271 e. The lowest BCUT2D eigenvalue weighted by molar-refractivity contribution is -0.151. The van der Waals surface area contributed by atoms with Crippen molar-refractivity contribution in [2.24, 2.45) is 5.92 Å². The van der Waals surface area contributed by atoms with Crippen molar-refractivity contribution in [2.75, 3.05) is 56.2 Å². The van der Waals surface area contributed by atoms with Gasteiger partial charge in [0.05, 0.1) is 38.5 Å². The van der Waals surface area contributed by atoms with Crippen LogP contribution in [-0.4, -0.2) is 72.7 Å². The second-order valence-corrected chi connectivity index (χ2v) is 8.52. The van der Waals surface area contributed by atoms with Crippen LogP contribution in [0.5, 0.6) is 5.88 Å². The molecule has 2 saturated heterocycles. The Morgan fingerprint density at radius 1 is 1.27 bits per heavy atom. The molecule has 1 atom stereocenters. The van der Waals surface area contributed by atoms with Crippen molar-refractivity contribution in [2.45, 2.75) is 19.3 Å². The molecular formula is C22H26ClF2N5O3. The summed E-state index contributed by atoms with van der Waals surface area (Å²) in [5, 5.41) is 3.21. The number of hydrogen-bond donors (Lipinski definition) is 1. The molecule has 0 saturated carbocycles. The lowest BCUT2D eigenvalue weighted by Crippen LogP contribution is -2.51. The molecule has 11 heteroatoms. The second kappa shape index (κ2) is 10.0. The molecule has 1 aromatic carbocycles. The van der Waals surface area contributed by atoms with E-state index in [1.807, 2.05) is 24.3 Å². The van der Waals surface area contributed by atoms with Gasteiger partial charge in [-0.2, -0.15) is 4.98 Å². The second-order valence-electron chi connectivity index (χ2n) is 8.12. The molecule has 2 aromatic rings. The van der Waals surface area contributed by atoms with Gasteiger partial charge in [-0.25, -0.2) is 13.8 Å². The minimum absolute atomic E-state index is 0.0314. The van der Waals surface area contributed by atoms with Gasteiger partial charge in [0.1, 0.15) is 5.02 Å². The Morgan fingerprint density at radius 3 is 2.67 bits per heavy atom. The monoisotopic (exact) mass is 481 g/mol. The zero-order valence-corrected chi connectivity index (χ0v) is 19.0. The van der Waals surface area contributed by atoms with Gasteiger partial charge in [-0.05, 0) is 30.7 Å². The first kappa shape index (κ1) is 23.4. The van der Waals surface area contributed by atoms with E-state index in [2.05, 4.69) is 20.2 Å². The summed E-state index contributed by atoms with van der Waals surface area (Å²) in [6, 6.07) is 7.81. The number of carbonyl (C=O) groups excluding carboxylic acids is 1. The van der Waals surface area contributed by atoms with Gasteiger partial charge in [-0.15, -0.1) is 0 Å². The van der Waals surface area contributed by atoms with E-state index in [1.165, 1.54) is 13.1 Å². The first-order chi connectivity index (χ1) is 15.8. The summed E-state index contributed by atoms with van der Waals surface area (Å²) in [6.45, 7) is 3.81. The third-order valence-corrected chi connectivity index (χ3v) is 6.08. The quantitative estimate of drug-likeness (QED) is 0.675. The zero-order chi connectivity index (χ0) is 23.4. The molecule has 3 heterocycles. The van der Waals surface area contributed by atoms with Gasteiger partial charge >= 0.3 is 0 Å². The first-order valence-corrected chi connectivity index (χ1v) is 11.2. The SMILES string of the molecule is CC(=O)N1CCC(COc2nc(Nc3ccc(N4CCOCC4)cc3)ncc2Cl)C(F)(F)C1. The van der Waals surface area contributed by atoms with Crippen LogP contribution in [0.3, 0.4) is 0 Å². The Labute approximate surface area is 195 Å². The maximum atomic E-state index is 14.5. The van der Waals surface area contributed by atoms with E-state index in [1.54, 1.807) is 0 Å². The largest absolute Gasteiger partial charge is 0.476 e. The average Bonchev–Trinajstić information content (AvgIpc) is 2.80. The van der Waals surface area contributed by atoms with Crippen molar-refractivity contribution >= 4 is 34.8 Å². The van der Waals surface area contributed by atoms with Gasteiger partial charge in [0.15, 0.2) is 0 Å². The highest BCUT2D eigenvalue weighted by atomic mass is 35.5. The van der Waals surface area contributed by atoms with E-state index < -0.39 is 18.4 Å². The number of carbonyl (C=O) groups is 1. The average molecular weight is 482 g/mol. The van der Waals surface area contributed by atoms with Gasteiger partial charge in [-0.1, -0.05) is 11.6 Å². The van der Waals surface area contributed by atoms with Gasteiger partial charge in [0, 0.05) is 37.9 Å². The van der Waals surface area contributed by atoms with Crippen LogP contribution in [0, 0.1) is 5.92 Å². The minimum Gasteiger partial charge on any atom is -0.476 e. The van der Waals surface area contributed by atoms with Crippen LogP contribution < -0.4 is 15.0 Å². The molecule has 0 aliphatic carbocycles. The standard InChI is InChI=1S/C22H26ClF2N5O3/c1-15(31)30-7-6-16(22(24,25)14-30)13-33-20-19(23)12-26-21(28-20)27-17-2-4-18(5-3-17)29-8-10-32-11-9-29/h2-5,12,16H,6-11,13-14H2,1H3,(H,26,27,28). The molecule has 2 fully saturated rings. The smallest absolute Gasteiger partial charge is 0.271 e. The summed E-state index contributed by atoms with van der Waals surface area (Å²) in [5.41, 5.74) is 1.87. The van der Waals surface area contributed by atoms with Crippen LogP contribution in [0.25, 0.3) is 0 Å². The van der Waals surface area contributed by atoms with Crippen LogP contribution in [-0.2, 0) is 9.53 Å². The summed E-state index contributed by atoms with van der Waals surface area (Å²) in [4.78, 5) is 23.2. The number of alkyl halides is 2. The number of anilines is 3. The van der Waals surface area contributed by atoms with E-state index in [0.29, 0.717) is 13.2 Å². The van der Waals surface area contributed by atoms with Crippen molar-refractivity contribution < 1.29 is 23.0 Å². The number of hydrogen-bond acceptors (Lipinski definition) is 7. The Kier molecular flexibility index (Phi) is 7.14. The number of nitrogens with zero attached hydrogens (tertiary/aromatic N) is 4. The minimum atomic E-state index is -3.05. The number of piperidine rings is 1. The third-order valence-electron chi connectivity index (χ3n) is 5.82. The van der Waals surface area contributed by atoms with Crippen molar-refractivity contribution in [3.8, 4) is 5.88 Å². The number of amides is 1. The fraction of sp³-hybridized carbons (Fsp3) is 0.500. The summed E-state index contributed by atoms with van der Waals surface area (Å²) < 4.78 is 39.8. The molecule has 1 N–H and O–H groups in total. The Hall–Kier alpha value is -2.72. The van der Waals surface area contributed by atoms with Crippen LogP contribution in [0.2, 0.25) is 5.02 Å². The molecule has 0 radical (unpaired) electrons. The molecule has 0 spiro atoms. The molecular weight excluding hydrogens is 456 g/mol. The first-order valence-electron chi connectivity index (χ1n) is 10.8. The zero-order valence-electron chi connectivity index (χ0n) is 18.3. The van der Waals surface area contributed by atoms with Crippen LogP contribution >= 0.6 is 11.6 Å². The van der Waals surface area contributed by atoms with Crippen LogP contribution in [0.1, 0.15) is 13.3 Å². The predicted octanol–water partition coefficient (Wildman–Crippen LogP) is 3.59. The normalized spacial score (nSPS) is 20.4. The van der Waals surface area contributed by atoms with E-state index in [0.717, 1.165) is 29.4 Å². The van der Waals surface area contributed by atoms with Gasteiger partial charge < -0.3 is 24.6 Å². The van der Waals surface area contributed by atoms with Crippen LogP contribution in [0.4, 0.5) is 26.1 Å². The van der Waals surface area contributed by atoms with Crippen molar-refractivity contribution in [3.63, 3.8) is 0 Å². The lowest BCUT2D eigenvalue weighted by atomic mass is 9.93. The summed E-state index contributed by atoms with van der Waals surface area (Å²) in [5.74, 6) is -4.17. The van der Waals surface area contributed by atoms with E-state index in [4.69, 9.17) is 21.1 Å². The molecule has 33 heavy (non-hydrogen) atoms. The molecule has 1 amide bonds. The van der Waals surface area contributed by atoms with E-state index in [9.17, 15) is 13.6 Å². The molecule has 4 rings (SSSR count). The fourth-order valence-corrected chi connectivity index (χ4v) is 4.00. The Morgan fingerprint density at radius 2 is 2.00 bits per heavy atom. The molecule has 0 bridgehead atoms. The topological polar surface area (TPSA) is 79.8 Å². The van der Waals surface area contributed by atoms with E-state index in [-0.39, 0.29) is 42.3 Å². The number of halogens is 3. The summed E-state index contributed by atoms with van der Waals surface area (Å²) in [7, 11) is 0. The molecule has 1 unspecified atom stereocenters. The Balaban J connectivity index is 1.37. The number of aromatic nitrogens is 2. The Bertz CT molecular complexity index is 973. The lowest BCUT2D eigenvalue weighted by Gasteiger charge is -2.37. The summed E-state index contributed by atoms with van der Waals surface area (Å²) in [6.07, 6.45) is 1.50. The molecule has 2 aliphatic rings. The maximum absolute atomic E-state index is 14.5. The highest BCUT2D eigenvalue weighted by Gasteiger charge is 2.45. The highest BCUT2D eigenvalue weighted by molar-refractivity contribution is 6.31. The number of nitrogens with one attached hydrogen (secondary N) is 1. The fourth-order valence-electron chi connectivity index (χ4n) is 3.86. The number of morpholine rings is 1. The van der Waals surface area contributed by atoms with Crippen molar-refractivity contribution in [3.05, 3.63) is 35.5 Å². The van der Waals surface area contributed by atoms with Gasteiger partial charge in [0.25, 0.3) is 5.92 Å². The predicted molar refractivity (Wildman–Crippen MR) is 121 cm³/mol. The van der Waals surface area contributed by atoms with Crippen molar-refractivity contribution in [1.82, 2.24) is 14.9 Å². The number of likely N-dealkylation sites (tertiary alicyclic amines) is 1. The molecule has 178 valence electrons. The number of rotatable bonds is 6. The van der Waals surface area contributed by atoms with Gasteiger partial charge in [-0.3, -0.25) is 4.79 Å². The molecule has 2 aliphatic heterocycles. The number of benzene rings is 1. The van der Waals surface area contributed by atoms with Crippen molar-refractivity contribution in [1.29, 1.82) is 0 Å². The van der Waals surface area contributed by atoms with Crippen LogP contribution in [0.15, 0.2) is 30.5 Å². The van der Waals surface area contributed by atoms with Gasteiger partial charge in [0.2, 0.25) is 17.7 Å².